The van der Waals surface area contributed by atoms with Crippen LogP contribution in [0.4, 0.5) is 0 Å². The maximum atomic E-state index is 12.2. The van der Waals surface area contributed by atoms with Gasteiger partial charge in [0.2, 0.25) is 10.0 Å². The fourth-order valence-electron chi connectivity index (χ4n) is 3.17. The van der Waals surface area contributed by atoms with E-state index in [4.69, 9.17) is 4.74 Å². The lowest BCUT2D eigenvalue weighted by molar-refractivity contribution is 0.0487. The van der Waals surface area contributed by atoms with Crippen LogP contribution in [0.1, 0.15) is 59.3 Å². The van der Waals surface area contributed by atoms with Crippen molar-refractivity contribution in [1.82, 2.24) is 14.9 Å². The molecule has 9 heteroatoms. The van der Waals surface area contributed by atoms with Gasteiger partial charge < -0.3 is 15.4 Å². The van der Waals surface area contributed by atoms with Crippen molar-refractivity contribution in [2.45, 2.75) is 65.4 Å². The van der Waals surface area contributed by atoms with Gasteiger partial charge in [-0.05, 0) is 19.8 Å². The molecule has 0 bridgehead atoms. The van der Waals surface area contributed by atoms with Gasteiger partial charge in [-0.1, -0.05) is 39.5 Å². The quantitative estimate of drug-likeness (QED) is 0.145. The van der Waals surface area contributed by atoms with Gasteiger partial charge in [0.25, 0.3) is 0 Å². The van der Waals surface area contributed by atoms with Crippen molar-refractivity contribution in [3.63, 3.8) is 0 Å². The van der Waals surface area contributed by atoms with E-state index in [1.54, 1.807) is 0 Å². The Bertz CT molecular complexity index is 491. The van der Waals surface area contributed by atoms with Crippen molar-refractivity contribution in [2.24, 2.45) is 4.99 Å². The number of sulfonamides is 1. The molecule has 0 aromatic carbocycles. The minimum atomic E-state index is -3.21. The Labute approximate surface area is 183 Å². The van der Waals surface area contributed by atoms with Crippen molar-refractivity contribution in [1.29, 1.82) is 0 Å². The molecule has 0 amide bonds. The molecule has 0 aliphatic heterocycles. The molecule has 27 heavy (non-hydrogen) atoms. The summed E-state index contributed by atoms with van der Waals surface area (Å²) in [7, 11) is -3.21. The third-order valence-corrected chi connectivity index (χ3v) is 6.64. The van der Waals surface area contributed by atoms with Crippen LogP contribution in [0.15, 0.2) is 4.99 Å². The van der Waals surface area contributed by atoms with Crippen molar-refractivity contribution in [2.75, 3.05) is 45.1 Å². The van der Waals surface area contributed by atoms with E-state index in [2.05, 4.69) is 15.6 Å². The molecule has 1 aliphatic rings. The average Bonchev–Trinajstić information content (AvgIpc) is 2.88. The Kier molecular flexibility index (Phi) is 15.7. The van der Waals surface area contributed by atoms with Crippen LogP contribution >= 0.6 is 24.0 Å². The van der Waals surface area contributed by atoms with Crippen LogP contribution in [-0.2, 0) is 14.8 Å². The second-order valence-electron chi connectivity index (χ2n) is 6.57. The predicted molar refractivity (Wildman–Crippen MR) is 124 cm³/mol. The Balaban J connectivity index is 0.00000676. The molecule has 0 spiro atoms. The highest BCUT2D eigenvalue weighted by molar-refractivity contribution is 14.0. The number of ether oxygens (including phenoxy) is 1. The Morgan fingerprint density at radius 2 is 1.70 bits per heavy atom. The van der Waals surface area contributed by atoms with Gasteiger partial charge in [-0.25, -0.2) is 12.7 Å². The van der Waals surface area contributed by atoms with Crippen LogP contribution in [0, 0.1) is 0 Å². The van der Waals surface area contributed by atoms with Crippen LogP contribution in [0.25, 0.3) is 0 Å². The first kappa shape index (κ1) is 26.9. The number of nitrogens with one attached hydrogen (secondary N) is 2. The van der Waals surface area contributed by atoms with E-state index in [-0.39, 0.29) is 29.7 Å². The molecule has 2 N–H and O–H groups in total. The SMILES string of the molecule is CCNC(=NCCOC1CCCCCC1)NCCS(=O)(=O)N(CC)CC.I. The normalized spacial score (nSPS) is 16.7. The molecule has 1 rings (SSSR count). The van der Waals surface area contributed by atoms with Gasteiger partial charge in [-0.15, -0.1) is 24.0 Å². The third kappa shape index (κ3) is 11.5. The number of halogens is 1. The van der Waals surface area contributed by atoms with Crippen LogP contribution in [0.5, 0.6) is 0 Å². The van der Waals surface area contributed by atoms with Crippen molar-refractivity contribution < 1.29 is 13.2 Å². The molecule has 0 atom stereocenters. The molecule has 0 saturated heterocycles. The highest BCUT2D eigenvalue weighted by atomic mass is 127. The Morgan fingerprint density at radius 3 is 2.26 bits per heavy atom. The molecule has 162 valence electrons. The third-order valence-electron chi connectivity index (χ3n) is 4.61. The van der Waals surface area contributed by atoms with Crippen LogP contribution in [0.3, 0.4) is 0 Å². The first-order valence-corrected chi connectivity index (χ1v) is 11.8. The molecule has 1 aliphatic carbocycles. The van der Waals surface area contributed by atoms with Crippen molar-refractivity contribution in [3.8, 4) is 0 Å². The first-order chi connectivity index (χ1) is 12.5. The van der Waals surface area contributed by atoms with Crippen molar-refractivity contribution >= 4 is 40.0 Å². The number of aliphatic imine (C=N–C) groups is 1. The lowest BCUT2D eigenvalue weighted by Gasteiger charge is -2.19. The summed E-state index contributed by atoms with van der Waals surface area (Å²) in [6.45, 7) is 8.98. The zero-order valence-electron chi connectivity index (χ0n) is 17.2. The van der Waals surface area contributed by atoms with Gasteiger partial charge in [0.15, 0.2) is 5.96 Å². The largest absolute Gasteiger partial charge is 0.376 e. The second-order valence-corrected chi connectivity index (χ2v) is 8.66. The fraction of sp³-hybridized carbons (Fsp3) is 0.944. The van der Waals surface area contributed by atoms with Gasteiger partial charge in [0, 0.05) is 26.2 Å². The summed E-state index contributed by atoms with van der Waals surface area (Å²) in [5.74, 6) is 0.712. The van der Waals surface area contributed by atoms with E-state index in [0.717, 1.165) is 19.4 Å². The highest BCUT2D eigenvalue weighted by Crippen LogP contribution is 2.19. The molecule has 0 heterocycles. The van der Waals surface area contributed by atoms with Crippen LogP contribution < -0.4 is 10.6 Å². The summed E-state index contributed by atoms with van der Waals surface area (Å²) in [6, 6.07) is 0. The molecule has 0 radical (unpaired) electrons. The Morgan fingerprint density at radius 1 is 1.07 bits per heavy atom. The maximum absolute atomic E-state index is 12.2. The van der Waals surface area contributed by atoms with E-state index in [1.165, 1.54) is 30.0 Å². The monoisotopic (exact) mass is 518 g/mol. The molecule has 0 aromatic rings. The molecule has 0 aromatic heterocycles. The molecular formula is C18H39IN4O3S. The summed E-state index contributed by atoms with van der Waals surface area (Å²) >= 11 is 0. The molecule has 7 nitrogen and oxygen atoms in total. The fourth-order valence-corrected chi connectivity index (χ4v) is 4.58. The van der Waals surface area contributed by atoms with E-state index in [0.29, 0.717) is 44.8 Å². The summed E-state index contributed by atoms with van der Waals surface area (Å²) < 4.78 is 31.8. The number of nitrogens with zero attached hydrogens (tertiary/aromatic N) is 2. The van der Waals surface area contributed by atoms with Crippen LogP contribution in [-0.4, -0.2) is 69.9 Å². The zero-order valence-corrected chi connectivity index (χ0v) is 20.4. The lowest BCUT2D eigenvalue weighted by Crippen LogP contribution is -2.42. The predicted octanol–water partition coefficient (Wildman–Crippen LogP) is 2.57. The van der Waals surface area contributed by atoms with Gasteiger partial charge in [-0.2, -0.15) is 0 Å². The number of guanidine groups is 1. The van der Waals surface area contributed by atoms with Gasteiger partial charge in [-0.3, -0.25) is 4.99 Å². The van der Waals surface area contributed by atoms with Gasteiger partial charge in [0.1, 0.15) is 0 Å². The smallest absolute Gasteiger partial charge is 0.215 e. The van der Waals surface area contributed by atoms with Crippen LogP contribution in [0.2, 0.25) is 0 Å². The molecular weight excluding hydrogens is 479 g/mol. The number of rotatable bonds is 11. The van der Waals surface area contributed by atoms with Gasteiger partial charge >= 0.3 is 0 Å². The van der Waals surface area contributed by atoms with Crippen molar-refractivity contribution in [3.05, 3.63) is 0 Å². The molecule has 0 unspecified atom stereocenters. The van der Waals surface area contributed by atoms with E-state index < -0.39 is 10.0 Å². The standard InChI is InChI=1S/C18H38N4O3S.HI/c1-4-19-18(21-14-16-26(23,24)22(5-2)6-3)20-13-15-25-17-11-9-7-8-10-12-17;/h17H,4-16H2,1-3H3,(H2,19,20,21);1H. The summed E-state index contributed by atoms with van der Waals surface area (Å²) in [4.78, 5) is 4.49. The first-order valence-electron chi connectivity index (χ1n) is 10.1. The summed E-state index contributed by atoms with van der Waals surface area (Å²) in [5.41, 5.74) is 0. The second kappa shape index (κ2) is 15.8. The lowest BCUT2D eigenvalue weighted by atomic mass is 10.1. The Hall–Kier alpha value is -0.130. The summed E-state index contributed by atoms with van der Waals surface area (Å²) in [6.07, 6.45) is 7.86. The topological polar surface area (TPSA) is 83.0 Å². The highest BCUT2D eigenvalue weighted by Gasteiger charge is 2.18. The average molecular weight is 519 g/mol. The minimum absolute atomic E-state index is 0. The van der Waals surface area contributed by atoms with E-state index in [1.807, 2.05) is 20.8 Å². The minimum Gasteiger partial charge on any atom is -0.376 e. The zero-order chi connectivity index (χ0) is 19.3. The maximum Gasteiger partial charge on any atom is 0.215 e. The van der Waals surface area contributed by atoms with Gasteiger partial charge in [0.05, 0.1) is 25.0 Å². The van der Waals surface area contributed by atoms with E-state index in [9.17, 15) is 8.42 Å². The molecule has 1 fully saturated rings. The number of hydrogen-bond acceptors (Lipinski definition) is 4. The van der Waals surface area contributed by atoms with E-state index >= 15 is 0 Å². The summed E-state index contributed by atoms with van der Waals surface area (Å²) in [5, 5.41) is 6.26. The number of hydrogen-bond donors (Lipinski definition) is 2. The molecule has 1 saturated carbocycles.